The van der Waals surface area contributed by atoms with Crippen LogP contribution in [0.3, 0.4) is 0 Å². The number of amides is 2. The number of carbonyl (C=O) groups excluding carboxylic acids is 2. The fraction of sp³-hybridized carbons (Fsp3) is 0.308. The van der Waals surface area contributed by atoms with Gasteiger partial charge < -0.3 is 15.0 Å². The maximum absolute atomic E-state index is 12.9. The second-order valence-corrected chi connectivity index (χ2v) is 9.36. The topological polar surface area (TPSA) is 84.4 Å². The minimum absolute atomic E-state index is 0.101. The zero-order chi connectivity index (χ0) is 23.9. The van der Waals surface area contributed by atoms with Gasteiger partial charge in [0, 0.05) is 35.8 Å². The van der Waals surface area contributed by atoms with Gasteiger partial charge in [-0.2, -0.15) is 0 Å². The molecule has 1 atom stereocenters. The van der Waals surface area contributed by atoms with Gasteiger partial charge in [0.15, 0.2) is 0 Å². The molecule has 0 radical (unpaired) electrons. The molecule has 1 aliphatic rings. The number of aromatic nitrogens is 2. The molecular formula is C26H28N4O3S. The van der Waals surface area contributed by atoms with E-state index >= 15 is 0 Å². The lowest BCUT2D eigenvalue weighted by molar-refractivity contribution is -0.130. The molecule has 176 valence electrons. The van der Waals surface area contributed by atoms with Crippen LogP contribution in [0.2, 0.25) is 0 Å². The standard InChI is InChI=1S/C26H28N4O3S/c1-18-7-5-11-24(27-18)29-26(32)21-9-6-14-30(15-21)25(31)13-12-20-8-3-4-10-23(20)33-16-22-17-34-19(2)28-22/h3-5,7-8,10-13,17,21H,6,9,14-16H2,1-2H3,(H,27,29,32)/b13-12+. The van der Waals surface area contributed by atoms with Crippen molar-refractivity contribution >= 4 is 35.0 Å². The smallest absolute Gasteiger partial charge is 0.246 e. The highest BCUT2D eigenvalue weighted by molar-refractivity contribution is 7.09. The van der Waals surface area contributed by atoms with Crippen molar-refractivity contribution in [1.82, 2.24) is 14.9 Å². The van der Waals surface area contributed by atoms with Crippen LogP contribution >= 0.6 is 11.3 Å². The lowest BCUT2D eigenvalue weighted by Gasteiger charge is -2.31. The predicted molar refractivity (Wildman–Crippen MR) is 134 cm³/mol. The van der Waals surface area contributed by atoms with E-state index in [9.17, 15) is 9.59 Å². The zero-order valence-electron chi connectivity index (χ0n) is 19.4. The van der Waals surface area contributed by atoms with Crippen molar-refractivity contribution in [1.29, 1.82) is 0 Å². The van der Waals surface area contributed by atoms with E-state index in [4.69, 9.17) is 4.74 Å². The largest absolute Gasteiger partial charge is 0.487 e. The first-order valence-corrected chi connectivity index (χ1v) is 12.2. The van der Waals surface area contributed by atoms with Crippen LogP contribution in [0.1, 0.15) is 34.8 Å². The summed E-state index contributed by atoms with van der Waals surface area (Å²) < 4.78 is 5.94. The van der Waals surface area contributed by atoms with Crippen molar-refractivity contribution in [2.45, 2.75) is 33.3 Å². The van der Waals surface area contributed by atoms with E-state index in [0.29, 0.717) is 31.3 Å². The summed E-state index contributed by atoms with van der Waals surface area (Å²) in [6.07, 6.45) is 4.85. The predicted octanol–water partition coefficient (Wildman–Crippen LogP) is 4.62. The van der Waals surface area contributed by atoms with Crippen molar-refractivity contribution in [3.8, 4) is 5.75 Å². The number of aryl methyl sites for hydroxylation is 2. The van der Waals surface area contributed by atoms with Crippen LogP contribution in [-0.2, 0) is 16.2 Å². The summed E-state index contributed by atoms with van der Waals surface area (Å²) in [7, 11) is 0. The molecule has 1 aromatic carbocycles. The number of pyridine rings is 1. The number of ether oxygens (including phenoxy) is 1. The van der Waals surface area contributed by atoms with Crippen LogP contribution in [0, 0.1) is 19.8 Å². The Labute approximate surface area is 203 Å². The Morgan fingerprint density at radius 1 is 1.18 bits per heavy atom. The Bertz CT molecular complexity index is 1190. The van der Waals surface area contributed by atoms with Gasteiger partial charge >= 0.3 is 0 Å². The first-order chi connectivity index (χ1) is 16.5. The van der Waals surface area contributed by atoms with Gasteiger partial charge in [0.05, 0.1) is 16.6 Å². The van der Waals surface area contributed by atoms with Crippen molar-refractivity contribution in [3.63, 3.8) is 0 Å². The summed E-state index contributed by atoms with van der Waals surface area (Å²) in [5, 5.41) is 5.86. The van der Waals surface area contributed by atoms with E-state index in [2.05, 4.69) is 15.3 Å². The number of hydrogen-bond acceptors (Lipinski definition) is 6. The summed E-state index contributed by atoms with van der Waals surface area (Å²) in [6.45, 7) is 5.25. The van der Waals surface area contributed by atoms with Crippen LogP contribution in [-0.4, -0.2) is 39.8 Å². The fourth-order valence-electron chi connectivity index (χ4n) is 3.87. The van der Waals surface area contributed by atoms with Gasteiger partial charge in [-0.3, -0.25) is 9.59 Å². The highest BCUT2D eigenvalue weighted by Gasteiger charge is 2.27. The number of piperidine rings is 1. The third-order valence-corrected chi connectivity index (χ3v) is 6.43. The lowest BCUT2D eigenvalue weighted by Crippen LogP contribution is -2.43. The zero-order valence-corrected chi connectivity index (χ0v) is 20.2. The van der Waals surface area contributed by atoms with E-state index in [1.54, 1.807) is 34.5 Å². The SMILES string of the molecule is Cc1cccc(NC(=O)C2CCCN(C(=O)/C=C/c3ccccc3OCc3csc(C)n3)C2)n1. The number of benzene rings is 1. The lowest BCUT2D eigenvalue weighted by atomic mass is 9.97. The van der Waals surface area contributed by atoms with Crippen LogP contribution < -0.4 is 10.1 Å². The number of para-hydroxylation sites is 1. The summed E-state index contributed by atoms with van der Waals surface area (Å²) in [4.78, 5) is 36.1. The number of anilines is 1. The van der Waals surface area contributed by atoms with Gasteiger partial charge in [0.2, 0.25) is 11.8 Å². The van der Waals surface area contributed by atoms with E-state index in [-0.39, 0.29) is 17.7 Å². The summed E-state index contributed by atoms with van der Waals surface area (Å²) in [5.74, 6) is 0.758. The Kier molecular flexibility index (Phi) is 7.69. The number of thiazole rings is 1. The number of hydrogen-bond donors (Lipinski definition) is 1. The summed E-state index contributed by atoms with van der Waals surface area (Å²) >= 11 is 1.59. The second-order valence-electron chi connectivity index (χ2n) is 8.29. The molecule has 8 heteroatoms. The molecule has 1 unspecified atom stereocenters. The van der Waals surface area contributed by atoms with Gasteiger partial charge in [0.1, 0.15) is 18.2 Å². The molecule has 1 fully saturated rings. The first kappa shape index (κ1) is 23.6. The average Bonchev–Trinajstić information content (AvgIpc) is 3.26. The summed E-state index contributed by atoms with van der Waals surface area (Å²) in [6, 6.07) is 13.1. The molecule has 0 spiro atoms. The van der Waals surface area contributed by atoms with Gasteiger partial charge in [-0.05, 0) is 51.0 Å². The molecule has 1 N–H and O–H groups in total. The Morgan fingerprint density at radius 2 is 2.03 bits per heavy atom. The van der Waals surface area contributed by atoms with Gasteiger partial charge in [-0.1, -0.05) is 24.3 Å². The maximum Gasteiger partial charge on any atom is 0.246 e. The van der Waals surface area contributed by atoms with Crippen molar-refractivity contribution < 1.29 is 14.3 Å². The molecule has 2 aromatic heterocycles. The van der Waals surface area contributed by atoms with Crippen LogP contribution in [0.4, 0.5) is 5.82 Å². The molecule has 1 aliphatic heterocycles. The first-order valence-electron chi connectivity index (χ1n) is 11.3. The molecule has 2 amide bonds. The highest BCUT2D eigenvalue weighted by atomic mass is 32.1. The summed E-state index contributed by atoms with van der Waals surface area (Å²) in [5.41, 5.74) is 2.55. The van der Waals surface area contributed by atoms with E-state index in [1.807, 2.05) is 55.6 Å². The monoisotopic (exact) mass is 476 g/mol. The quantitative estimate of drug-likeness (QED) is 0.503. The molecule has 7 nitrogen and oxygen atoms in total. The molecular weight excluding hydrogens is 448 g/mol. The Hall–Kier alpha value is -3.52. The highest BCUT2D eigenvalue weighted by Crippen LogP contribution is 2.23. The van der Waals surface area contributed by atoms with Crippen LogP contribution in [0.25, 0.3) is 6.08 Å². The molecule has 3 aromatic rings. The Morgan fingerprint density at radius 3 is 2.82 bits per heavy atom. The van der Waals surface area contributed by atoms with Crippen LogP contribution in [0.15, 0.2) is 53.9 Å². The van der Waals surface area contributed by atoms with E-state index < -0.39 is 0 Å². The third kappa shape index (κ3) is 6.29. The van der Waals surface area contributed by atoms with E-state index in [1.165, 1.54) is 0 Å². The van der Waals surface area contributed by atoms with Crippen molar-refractivity contribution in [2.75, 3.05) is 18.4 Å². The number of nitrogens with zero attached hydrogens (tertiary/aromatic N) is 3. The average molecular weight is 477 g/mol. The second kappa shape index (κ2) is 11.1. The number of carbonyl (C=O) groups is 2. The number of likely N-dealkylation sites (tertiary alicyclic amines) is 1. The number of rotatable bonds is 7. The molecule has 3 heterocycles. The fourth-order valence-corrected chi connectivity index (χ4v) is 4.47. The van der Waals surface area contributed by atoms with Gasteiger partial charge in [-0.25, -0.2) is 9.97 Å². The number of nitrogens with one attached hydrogen (secondary N) is 1. The minimum atomic E-state index is -0.259. The molecule has 0 bridgehead atoms. The molecule has 4 rings (SSSR count). The van der Waals surface area contributed by atoms with Crippen molar-refractivity contribution in [3.05, 3.63) is 75.9 Å². The van der Waals surface area contributed by atoms with Crippen molar-refractivity contribution in [2.24, 2.45) is 5.92 Å². The molecule has 0 saturated carbocycles. The molecule has 0 aliphatic carbocycles. The minimum Gasteiger partial charge on any atom is -0.487 e. The van der Waals surface area contributed by atoms with E-state index in [0.717, 1.165) is 34.8 Å². The normalized spacial score (nSPS) is 15.9. The van der Waals surface area contributed by atoms with Crippen LogP contribution in [0.5, 0.6) is 5.75 Å². The molecule has 1 saturated heterocycles. The Balaban J connectivity index is 1.35. The van der Waals surface area contributed by atoms with Gasteiger partial charge in [0.25, 0.3) is 0 Å². The third-order valence-electron chi connectivity index (χ3n) is 5.61. The maximum atomic E-state index is 12.9. The van der Waals surface area contributed by atoms with Gasteiger partial charge in [-0.15, -0.1) is 11.3 Å². The molecule has 34 heavy (non-hydrogen) atoms.